The fraction of sp³-hybridized carbons (Fsp3) is 0.538. The number of nitrogens with zero attached hydrogens (tertiary/aromatic N) is 1. The number of nitrogens with one attached hydrogen (secondary N) is 1. The number of ether oxygens (including phenoxy) is 1. The molecule has 0 radical (unpaired) electrons. The molecule has 2 N–H and O–H groups in total. The number of benzene rings is 1. The number of hydrogen-bond acceptors (Lipinski definition) is 5. The van der Waals surface area contributed by atoms with Crippen molar-refractivity contribution in [2.75, 3.05) is 13.7 Å². The van der Waals surface area contributed by atoms with E-state index in [0.717, 1.165) is 5.56 Å². The molecular formula is C13H20N2O4. The summed E-state index contributed by atoms with van der Waals surface area (Å²) in [7, 11) is 1.40. The summed E-state index contributed by atoms with van der Waals surface area (Å²) in [6, 6.07) is 4.81. The van der Waals surface area contributed by atoms with E-state index in [1.54, 1.807) is 12.1 Å². The SMILES string of the molecule is COc1ccc(CN[C@H](CO)C(C)C)cc1[N+](=O)[O-]. The summed E-state index contributed by atoms with van der Waals surface area (Å²) in [5.41, 5.74) is 0.735. The number of rotatable bonds is 7. The van der Waals surface area contributed by atoms with Crippen molar-refractivity contribution in [1.29, 1.82) is 0 Å². The van der Waals surface area contributed by atoms with E-state index in [4.69, 9.17) is 4.74 Å². The van der Waals surface area contributed by atoms with Crippen molar-refractivity contribution in [1.82, 2.24) is 5.32 Å². The molecule has 6 heteroatoms. The number of methoxy groups -OCH3 is 1. The van der Waals surface area contributed by atoms with Crippen molar-refractivity contribution in [2.45, 2.75) is 26.4 Å². The molecule has 106 valence electrons. The summed E-state index contributed by atoms with van der Waals surface area (Å²) in [6.45, 7) is 4.51. The third-order valence-electron chi connectivity index (χ3n) is 3.01. The van der Waals surface area contributed by atoms with E-state index in [-0.39, 0.29) is 24.1 Å². The second-order valence-electron chi connectivity index (χ2n) is 4.68. The van der Waals surface area contributed by atoms with E-state index in [0.29, 0.717) is 12.5 Å². The van der Waals surface area contributed by atoms with Gasteiger partial charge in [0.25, 0.3) is 0 Å². The van der Waals surface area contributed by atoms with Crippen LogP contribution in [0.5, 0.6) is 5.75 Å². The second kappa shape index (κ2) is 7.06. The summed E-state index contributed by atoms with van der Waals surface area (Å²) >= 11 is 0. The first-order chi connectivity index (χ1) is 8.99. The Kier molecular flexibility index (Phi) is 5.72. The molecule has 1 atom stereocenters. The van der Waals surface area contributed by atoms with E-state index >= 15 is 0 Å². The van der Waals surface area contributed by atoms with Crippen LogP contribution in [0, 0.1) is 16.0 Å². The van der Waals surface area contributed by atoms with E-state index in [1.807, 2.05) is 13.8 Å². The lowest BCUT2D eigenvalue weighted by molar-refractivity contribution is -0.385. The van der Waals surface area contributed by atoms with Gasteiger partial charge in [-0.1, -0.05) is 19.9 Å². The van der Waals surface area contributed by atoms with Crippen LogP contribution in [0.3, 0.4) is 0 Å². The van der Waals surface area contributed by atoms with E-state index in [9.17, 15) is 15.2 Å². The molecule has 0 aromatic heterocycles. The zero-order valence-corrected chi connectivity index (χ0v) is 11.4. The van der Waals surface area contributed by atoms with Crippen molar-refractivity contribution >= 4 is 5.69 Å². The van der Waals surface area contributed by atoms with Gasteiger partial charge in [-0.15, -0.1) is 0 Å². The smallest absolute Gasteiger partial charge is 0.311 e. The first kappa shape index (κ1) is 15.4. The summed E-state index contributed by atoms with van der Waals surface area (Å²) < 4.78 is 4.94. The van der Waals surface area contributed by atoms with E-state index < -0.39 is 4.92 Å². The molecule has 0 heterocycles. The molecule has 1 rings (SSSR count). The van der Waals surface area contributed by atoms with Gasteiger partial charge in [0.1, 0.15) is 0 Å². The Labute approximate surface area is 112 Å². The van der Waals surface area contributed by atoms with Gasteiger partial charge < -0.3 is 15.2 Å². The first-order valence-corrected chi connectivity index (χ1v) is 6.15. The highest BCUT2D eigenvalue weighted by Gasteiger charge is 2.16. The van der Waals surface area contributed by atoms with Crippen molar-refractivity contribution in [3.8, 4) is 5.75 Å². The second-order valence-corrected chi connectivity index (χ2v) is 4.68. The Morgan fingerprint density at radius 2 is 2.16 bits per heavy atom. The third-order valence-corrected chi connectivity index (χ3v) is 3.01. The van der Waals surface area contributed by atoms with Gasteiger partial charge >= 0.3 is 5.69 Å². The Morgan fingerprint density at radius 1 is 1.47 bits per heavy atom. The normalized spacial score (nSPS) is 12.5. The number of nitro benzene ring substituents is 1. The standard InChI is InChI=1S/C13H20N2O4/c1-9(2)11(8-16)14-7-10-4-5-13(19-3)12(6-10)15(17)18/h4-6,9,11,14,16H,7-8H2,1-3H3/t11-/m1/s1. The van der Waals surface area contributed by atoms with Crippen molar-refractivity contribution < 1.29 is 14.8 Å². The van der Waals surface area contributed by atoms with Gasteiger partial charge in [-0.3, -0.25) is 10.1 Å². The molecule has 0 bridgehead atoms. The van der Waals surface area contributed by atoms with Crippen LogP contribution in [-0.2, 0) is 6.54 Å². The molecule has 0 fully saturated rings. The van der Waals surface area contributed by atoms with Gasteiger partial charge in [-0.25, -0.2) is 0 Å². The highest BCUT2D eigenvalue weighted by molar-refractivity contribution is 5.48. The maximum Gasteiger partial charge on any atom is 0.311 e. The maximum atomic E-state index is 10.9. The lowest BCUT2D eigenvalue weighted by Crippen LogP contribution is -2.36. The van der Waals surface area contributed by atoms with Gasteiger partial charge in [-0.2, -0.15) is 0 Å². The van der Waals surface area contributed by atoms with Gasteiger partial charge in [0.2, 0.25) is 0 Å². The van der Waals surface area contributed by atoms with E-state index in [1.165, 1.54) is 13.2 Å². The molecule has 19 heavy (non-hydrogen) atoms. The molecule has 6 nitrogen and oxygen atoms in total. The first-order valence-electron chi connectivity index (χ1n) is 6.15. The molecule has 0 aliphatic heterocycles. The highest BCUT2D eigenvalue weighted by Crippen LogP contribution is 2.27. The van der Waals surface area contributed by atoms with Crippen LogP contribution in [0.4, 0.5) is 5.69 Å². The van der Waals surface area contributed by atoms with Crippen LogP contribution < -0.4 is 10.1 Å². The van der Waals surface area contributed by atoms with Crippen LogP contribution in [0.15, 0.2) is 18.2 Å². The highest BCUT2D eigenvalue weighted by atomic mass is 16.6. The summed E-state index contributed by atoms with van der Waals surface area (Å²) in [4.78, 5) is 10.4. The fourth-order valence-electron chi connectivity index (χ4n) is 1.75. The van der Waals surface area contributed by atoms with Gasteiger partial charge in [-0.05, 0) is 17.5 Å². The van der Waals surface area contributed by atoms with Crippen LogP contribution in [0.1, 0.15) is 19.4 Å². The largest absolute Gasteiger partial charge is 0.490 e. The maximum absolute atomic E-state index is 10.9. The molecule has 0 spiro atoms. The van der Waals surface area contributed by atoms with E-state index in [2.05, 4.69) is 5.32 Å². The summed E-state index contributed by atoms with van der Waals surface area (Å²) in [5.74, 6) is 0.537. The minimum atomic E-state index is -0.464. The monoisotopic (exact) mass is 268 g/mol. The lowest BCUT2D eigenvalue weighted by Gasteiger charge is -2.19. The van der Waals surface area contributed by atoms with Gasteiger partial charge in [0, 0.05) is 18.7 Å². The minimum Gasteiger partial charge on any atom is -0.490 e. The molecule has 1 aromatic carbocycles. The van der Waals surface area contributed by atoms with Crippen LogP contribution in [0.25, 0.3) is 0 Å². The predicted molar refractivity (Wildman–Crippen MR) is 72.2 cm³/mol. The molecule has 0 saturated heterocycles. The topological polar surface area (TPSA) is 84.6 Å². The van der Waals surface area contributed by atoms with Crippen molar-refractivity contribution in [3.05, 3.63) is 33.9 Å². The lowest BCUT2D eigenvalue weighted by atomic mass is 10.0. The molecule has 0 aliphatic carbocycles. The van der Waals surface area contributed by atoms with Crippen molar-refractivity contribution in [2.24, 2.45) is 5.92 Å². The average molecular weight is 268 g/mol. The number of aliphatic hydroxyl groups is 1. The molecule has 0 amide bonds. The number of nitro groups is 1. The molecule has 1 aromatic rings. The van der Waals surface area contributed by atoms with Crippen molar-refractivity contribution in [3.63, 3.8) is 0 Å². The number of aliphatic hydroxyl groups excluding tert-OH is 1. The van der Waals surface area contributed by atoms with Gasteiger partial charge in [0.05, 0.1) is 18.6 Å². The molecule has 0 saturated carbocycles. The zero-order valence-electron chi connectivity index (χ0n) is 11.4. The third kappa shape index (κ3) is 4.18. The molecular weight excluding hydrogens is 248 g/mol. The minimum absolute atomic E-state index is 0.0267. The fourth-order valence-corrected chi connectivity index (χ4v) is 1.75. The molecule has 0 aliphatic rings. The number of hydrogen-bond donors (Lipinski definition) is 2. The summed E-state index contributed by atoms with van der Waals surface area (Å²) in [5, 5.41) is 23.3. The molecule has 0 unspecified atom stereocenters. The van der Waals surface area contributed by atoms with Crippen LogP contribution >= 0.6 is 0 Å². The van der Waals surface area contributed by atoms with Crippen LogP contribution in [0.2, 0.25) is 0 Å². The Bertz CT molecular complexity index is 435. The Balaban J connectivity index is 2.80. The van der Waals surface area contributed by atoms with Gasteiger partial charge in [0.15, 0.2) is 5.75 Å². The zero-order chi connectivity index (χ0) is 14.4. The summed E-state index contributed by atoms with van der Waals surface area (Å²) in [6.07, 6.45) is 0. The average Bonchev–Trinajstić information content (AvgIpc) is 2.38. The Morgan fingerprint density at radius 3 is 2.63 bits per heavy atom. The Hall–Kier alpha value is -1.66. The quantitative estimate of drug-likeness (QED) is 0.581. The predicted octanol–water partition coefficient (Wildman–Crippen LogP) is 1.71. The van der Waals surface area contributed by atoms with Crippen LogP contribution in [-0.4, -0.2) is 29.8 Å².